The summed E-state index contributed by atoms with van der Waals surface area (Å²) in [5.74, 6) is 0.221. The van der Waals surface area contributed by atoms with Gasteiger partial charge in [0.1, 0.15) is 0 Å². The maximum absolute atomic E-state index is 13.1. The van der Waals surface area contributed by atoms with Gasteiger partial charge in [-0.05, 0) is 38.8 Å². The Hall–Kier alpha value is -1.31. The lowest BCUT2D eigenvalue weighted by atomic mass is 9.89. The fraction of sp³-hybridized carbons (Fsp3) is 0.778. The molecule has 6 nitrogen and oxygen atoms in total. The minimum absolute atomic E-state index is 0.0971. The number of ether oxygens (including phenoxy) is 1. The molecule has 0 aliphatic carbocycles. The van der Waals surface area contributed by atoms with E-state index >= 15 is 0 Å². The zero-order chi connectivity index (χ0) is 17.1. The van der Waals surface area contributed by atoms with Gasteiger partial charge in [0.25, 0.3) is 0 Å². The second kappa shape index (κ2) is 7.51. The van der Waals surface area contributed by atoms with Crippen LogP contribution in [0.4, 0.5) is 10.3 Å². The minimum atomic E-state index is -0.391. The molecule has 3 aliphatic heterocycles. The van der Waals surface area contributed by atoms with Gasteiger partial charge >= 0.3 is 0 Å². The van der Waals surface area contributed by atoms with Crippen LogP contribution in [-0.2, 0) is 4.74 Å². The van der Waals surface area contributed by atoms with Crippen LogP contribution < -0.4 is 4.90 Å². The van der Waals surface area contributed by atoms with Gasteiger partial charge in [-0.25, -0.2) is 14.4 Å². The second-order valence-corrected chi connectivity index (χ2v) is 7.54. The molecule has 0 amide bonds. The molecule has 7 heteroatoms. The molecule has 25 heavy (non-hydrogen) atoms. The first-order chi connectivity index (χ1) is 12.2. The number of hydrogen-bond acceptors (Lipinski definition) is 6. The van der Waals surface area contributed by atoms with Gasteiger partial charge < -0.3 is 19.4 Å². The van der Waals surface area contributed by atoms with Crippen LogP contribution in [0.2, 0.25) is 0 Å². The highest BCUT2D eigenvalue weighted by molar-refractivity contribution is 5.30. The summed E-state index contributed by atoms with van der Waals surface area (Å²) < 4.78 is 19.3. The quantitative estimate of drug-likeness (QED) is 0.818. The minimum Gasteiger partial charge on any atom is -0.371 e. The Morgan fingerprint density at radius 2 is 1.60 bits per heavy atom. The van der Waals surface area contributed by atoms with Crippen molar-refractivity contribution in [2.45, 2.75) is 31.3 Å². The second-order valence-electron chi connectivity index (χ2n) is 7.54. The molecule has 3 aliphatic rings. The van der Waals surface area contributed by atoms with Crippen molar-refractivity contribution in [2.24, 2.45) is 0 Å². The van der Waals surface area contributed by atoms with Gasteiger partial charge in [-0.3, -0.25) is 0 Å². The molecular weight excluding hydrogens is 321 g/mol. The predicted molar refractivity (Wildman–Crippen MR) is 94.2 cm³/mol. The fourth-order valence-corrected chi connectivity index (χ4v) is 4.26. The zero-order valence-corrected chi connectivity index (χ0v) is 14.9. The fourth-order valence-electron chi connectivity index (χ4n) is 4.26. The summed E-state index contributed by atoms with van der Waals surface area (Å²) in [5.41, 5.74) is -0.0971. The smallest absolute Gasteiger partial charge is 0.225 e. The van der Waals surface area contributed by atoms with Crippen LogP contribution in [-0.4, -0.2) is 84.3 Å². The number of hydrogen-bond donors (Lipinski definition) is 0. The van der Waals surface area contributed by atoms with Crippen molar-refractivity contribution in [3.05, 3.63) is 18.2 Å². The van der Waals surface area contributed by atoms with Crippen molar-refractivity contribution < 1.29 is 9.13 Å². The highest BCUT2D eigenvalue weighted by Crippen LogP contribution is 2.31. The van der Waals surface area contributed by atoms with Gasteiger partial charge in [-0.1, -0.05) is 0 Å². The summed E-state index contributed by atoms with van der Waals surface area (Å²) in [6.07, 6.45) is 7.29. The lowest BCUT2D eigenvalue weighted by Gasteiger charge is -2.47. The first kappa shape index (κ1) is 17.1. The molecule has 1 aromatic rings. The average molecular weight is 349 g/mol. The number of nitrogens with zero attached hydrogens (tertiary/aromatic N) is 5. The van der Waals surface area contributed by atoms with Crippen molar-refractivity contribution in [3.8, 4) is 0 Å². The van der Waals surface area contributed by atoms with Crippen LogP contribution in [0.5, 0.6) is 0 Å². The predicted octanol–water partition coefficient (Wildman–Crippen LogP) is 1.38. The van der Waals surface area contributed by atoms with Gasteiger partial charge in [0, 0.05) is 32.7 Å². The third-order valence-corrected chi connectivity index (χ3v) is 5.84. The normalized spacial score (nSPS) is 24.9. The maximum atomic E-state index is 13.1. The van der Waals surface area contributed by atoms with Crippen LogP contribution in [0.3, 0.4) is 0 Å². The molecule has 0 atom stereocenters. The number of anilines is 1. The van der Waals surface area contributed by atoms with Gasteiger partial charge in [0.2, 0.25) is 5.95 Å². The summed E-state index contributed by atoms with van der Waals surface area (Å²) in [7, 11) is 0. The van der Waals surface area contributed by atoms with Crippen LogP contribution in [0.25, 0.3) is 0 Å². The molecule has 1 aromatic heterocycles. The molecule has 0 saturated carbocycles. The third kappa shape index (κ3) is 4.10. The largest absolute Gasteiger partial charge is 0.371 e. The molecule has 0 unspecified atom stereocenters. The lowest BCUT2D eigenvalue weighted by Crippen LogP contribution is -2.57. The molecule has 0 aromatic carbocycles. The summed E-state index contributed by atoms with van der Waals surface area (Å²) in [6, 6.07) is 0. The highest BCUT2D eigenvalue weighted by Gasteiger charge is 2.40. The SMILES string of the molecule is Fc1cnc(N2CCOC3(CCN(CCN4CCCC4)CC3)C2)nc1. The summed E-state index contributed by atoms with van der Waals surface area (Å²) in [5, 5.41) is 0. The highest BCUT2D eigenvalue weighted by atomic mass is 19.1. The van der Waals surface area contributed by atoms with E-state index in [1.807, 2.05) is 0 Å². The molecule has 3 fully saturated rings. The Morgan fingerprint density at radius 1 is 0.960 bits per heavy atom. The van der Waals surface area contributed by atoms with Crippen molar-refractivity contribution in [3.63, 3.8) is 0 Å². The van der Waals surface area contributed by atoms with E-state index < -0.39 is 5.82 Å². The molecule has 3 saturated heterocycles. The van der Waals surface area contributed by atoms with Crippen molar-refractivity contribution in [2.75, 3.05) is 63.9 Å². The Kier molecular flexibility index (Phi) is 5.15. The van der Waals surface area contributed by atoms with E-state index in [1.165, 1.54) is 51.4 Å². The van der Waals surface area contributed by atoms with E-state index in [0.717, 1.165) is 39.0 Å². The number of morpholine rings is 1. The standard InChI is InChI=1S/C18H28FN5O/c19-16-13-20-17(21-14-16)24-11-12-25-18(15-24)3-7-23(8-4-18)10-9-22-5-1-2-6-22/h13-14H,1-12,15H2. The van der Waals surface area contributed by atoms with E-state index in [-0.39, 0.29) is 5.60 Å². The number of rotatable bonds is 4. The molecular formula is C18H28FN5O. The molecule has 0 N–H and O–H groups in total. The van der Waals surface area contributed by atoms with E-state index in [4.69, 9.17) is 4.74 Å². The third-order valence-electron chi connectivity index (χ3n) is 5.84. The first-order valence-electron chi connectivity index (χ1n) is 9.54. The molecule has 1 spiro atoms. The Labute approximate surface area is 149 Å². The van der Waals surface area contributed by atoms with E-state index in [0.29, 0.717) is 12.6 Å². The maximum Gasteiger partial charge on any atom is 0.225 e. The van der Waals surface area contributed by atoms with Crippen molar-refractivity contribution in [1.29, 1.82) is 0 Å². The Balaban J connectivity index is 1.29. The number of aromatic nitrogens is 2. The monoisotopic (exact) mass is 349 g/mol. The Bertz CT molecular complexity index is 555. The van der Waals surface area contributed by atoms with Crippen LogP contribution in [0, 0.1) is 5.82 Å². The van der Waals surface area contributed by atoms with E-state index in [9.17, 15) is 4.39 Å². The Morgan fingerprint density at radius 3 is 2.28 bits per heavy atom. The number of piperidine rings is 1. The first-order valence-corrected chi connectivity index (χ1v) is 9.54. The zero-order valence-electron chi connectivity index (χ0n) is 14.9. The van der Waals surface area contributed by atoms with Gasteiger partial charge in [-0.15, -0.1) is 0 Å². The van der Waals surface area contributed by atoms with Crippen molar-refractivity contribution >= 4 is 5.95 Å². The molecule has 4 heterocycles. The van der Waals surface area contributed by atoms with Gasteiger partial charge in [-0.2, -0.15) is 0 Å². The molecule has 0 bridgehead atoms. The summed E-state index contributed by atoms with van der Waals surface area (Å²) in [6.45, 7) is 9.35. The summed E-state index contributed by atoms with van der Waals surface area (Å²) >= 11 is 0. The van der Waals surface area contributed by atoms with E-state index in [1.54, 1.807) is 0 Å². The van der Waals surface area contributed by atoms with Crippen LogP contribution >= 0.6 is 0 Å². The lowest BCUT2D eigenvalue weighted by molar-refractivity contribution is -0.0917. The molecule has 0 radical (unpaired) electrons. The topological polar surface area (TPSA) is 44.7 Å². The molecule has 138 valence electrons. The van der Waals surface area contributed by atoms with Gasteiger partial charge in [0.15, 0.2) is 5.82 Å². The molecule has 4 rings (SSSR count). The van der Waals surface area contributed by atoms with Crippen LogP contribution in [0.15, 0.2) is 12.4 Å². The number of likely N-dealkylation sites (tertiary alicyclic amines) is 2. The van der Waals surface area contributed by atoms with Gasteiger partial charge in [0.05, 0.1) is 31.1 Å². The average Bonchev–Trinajstić information content (AvgIpc) is 3.16. The van der Waals surface area contributed by atoms with Crippen LogP contribution in [0.1, 0.15) is 25.7 Å². The number of halogens is 1. The van der Waals surface area contributed by atoms with E-state index in [2.05, 4.69) is 24.7 Å². The summed E-state index contributed by atoms with van der Waals surface area (Å²) in [4.78, 5) is 15.6. The van der Waals surface area contributed by atoms with Crippen molar-refractivity contribution in [1.82, 2.24) is 19.8 Å².